The molecular formula is C14H20N2O3. The fourth-order valence-corrected chi connectivity index (χ4v) is 2.07. The van der Waals surface area contributed by atoms with Crippen molar-refractivity contribution in [3.8, 4) is 5.75 Å². The van der Waals surface area contributed by atoms with Crippen LogP contribution in [0, 0.1) is 0 Å². The number of hydrogen-bond donors (Lipinski definition) is 1. The van der Waals surface area contributed by atoms with Gasteiger partial charge >= 0.3 is 5.97 Å². The van der Waals surface area contributed by atoms with Gasteiger partial charge in [-0.3, -0.25) is 4.79 Å². The van der Waals surface area contributed by atoms with Crippen LogP contribution < -0.4 is 9.64 Å². The van der Waals surface area contributed by atoms with E-state index in [1.54, 1.807) is 0 Å². The predicted octanol–water partition coefficient (Wildman–Crippen LogP) is 1.29. The number of carbonyl (C=O) groups is 1. The second kappa shape index (κ2) is 6.43. The molecule has 0 bridgehead atoms. The van der Waals surface area contributed by atoms with Crippen molar-refractivity contribution in [2.45, 2.75) is 6.42 Å². The Kier molecular flexibility index (Phi) is 4.63. The van der Waals surface area contributed by atoms with Crippen molar-refractivity contribution < 1.29 is 14.6 Å². The topological polar surface area (TPSA) is 53.0 Å². The largest absolute Gasteiger partial charge is 0.493 e. The molecule has 0 amide bonds. The molecule has 0 aliphatic carbocycles. The second-order valence-corrected chi connectivity index (χ2v) is 4.78. The summed E-state index contributed by atoms with van der Waals surface area (Å²) in [5.74, 6) is -0.117. The molecule has 5 nitrogen and oxygen atoms in total. The quantitative estimate of drug-likeness (QED) is 0.868. The van der Waals surface area contributed by atoms with Gasteiger partial charge in [0.2, 0.25) is 0 Å². The van der Waals surface area contributed by atoms with Gasteiger partial charge in [0.25, 0.3) is 0 Å². The highest BCUT2D eigenvalue weighted by Gasteiger charge is 2.13. The summed E-state index contributed by atoms with van der Waals surface area (Å²) in [6, 6.07) is 7.86. The van der Waals surface area contributed by atoms with Gasteiger partial charge in [-0.05, 0) is 31.3 Å². The summed E-state index contributed by atoms with van der Waals surface area (Å²) >= 11 is 0. The first-order valence-corrected chi connectivity index (χ1v) is 6.53. The van der Waals surface area contributed by atoms with Gasteiger partial charge in [0.1, 0.15) is 5.75 Å². The van der Waals surface area contributed by atoms with Gasteiger partial charge in [-0.2, -0.15) is 0 Å². The molecule has 1 fully saturated rings. The van der Waals surface area contributed by atoms with Gasteiger partial charge < -0.3 is 19.6 Å². The van der Waals surface area contributed by atoms with E-state index in [0.717, 1.165) is 31.9 Å². The van der Waals surface area contributed by atoms with E-state index in [-0.39, 0.29) is 13.0 Å². The van der Waals surface area contributed by atoms with E-state index in [4.69, 9.17) is 9.84 Å². The van der Waals surface area contributed by atoms with Gasteiger partial charge in [0, 0.05) is 31.9 Å². The van der Waals surface area contributed by atoms with E-state index in [1.807, 2.05) is 24.3 Å². The van der Waals surface area contributed by atoms with Crippen molar-refractivity contribution in [1.29, 1.82) is 0 Å². The minimum absolute atomic E-state index is 0.0280. The predicted molar refractivity (Wildman–Crippen MR) is 73.9 cm³/mol. The molecule has 0 saturated carbocycles. The first-order valence-electron chi connectivity index (χ1n) is 6.53. The van der Waals surface area contributed by atoms with Crippen LogP contribution in [0.1, 0.15) is 6.42 Å². The van der Waals surface area contributed by atoms with Crippen LogP contribution in [0.3, 0.4) is 0 Å². The molecule has 104 valence electrons. The van der Waals surface area contributed by atoms with Crippen LogP contribution in [0.25, 0.3) is 0 Å². The highest BCUT2D eigenvalue weighted by Crippen LogP contribution is 2.20. The monoisotopic (exact) mass is 264 g/mol. The van der Waals surface area contributed by atoms with E-state index in [0.29, 0.717) is 0 Å². The minimum atomic E-state index is -0.839. The third kappa shape index (κ3) is 4.13. The summed E-state index contributed by atoms with van der Waals surface area (Å²) < 4.78 is 5.37. The van der Waals surface area contributed by atoms with Crippen LogP contribution in [0.5, 0.6) is 5.75 Å². The van der Waals surface area contributed by atoms with Crippen molar-refractivity contribution >= 4 is 11.7 Å². The van der Waals surface area contributed by atoms with E-state index in [9.17, 15) is 4.79 Å². The standard InChI is InChI=1S/C14H20N2O3/c1-15-7-9-16(10-8-15)12-2-4-13(5-3-12)19-11-6-14(17)18/h2-5H,6-11H2,1H3,(H,17,18). The number of likely N-dealkylation sites (N-methyl/N-ethyl adjacent to an activating group) is 1. The fraction of sp³-hybridized carbons (Fsp3) is 0.500. The molecule has 1 aliphatic heterocycles. The van der Waals surface area contributed by atoms with Crippen LogP contribution in [0.15, 0.2) is 24.3 Å². The molecule has 1 aliphatic rings. The summed E-state index contributed by atoms with van der Waals surface area (Å²) in [4.78, 5) is 15.1. The van der Waals surface area contributed by atoms with E-state index in [2.05, 4.69) is 16.8 Å². The Labute approximate surface area is 113 Å². The molecule has 1 aromatic carbocycles. The second-order valence-electron chi connectivity index (χ2n) is 4.78. The number of hydrogen-bond acceptors (Lipinski definition) is 4. The number of carboxylic acid groups (broad SMARTS) is 1. The Hall–Kier alpha value is -1.75. The van der Waals surface area contributed by atoms with Gasteiger partial charge in [0.15, 0.2) is 0 Å². The summed E-state index contributed by atoms with van der Waals surface area (Å²) in [7, 11) is 2.14. The third-order valence-corrected chi connectivity index (χ3v) is 3.29. The molecule has 0 unspecified atom stereocenters. The van der Waals surface area contributed by atoms with Crippen LogP contribution >= 0.6 is 0 Å². The first kappa shape index (κ1) is 13.7. The van der Waals surface area contributed by atoms with Crippen LogP contribution in [-0.2, 0) is 4.79 Å². The Bertz CT molecular complexity index is 411. The molecular weight excluding hydrogens is 244 g/mol. The van der Waals surface area contributed by atoms with Crippen molar-refractivity contribution in [2.75, 3.05) is 44.7 Å². The number of ether oxygens (including phenoxy) is 1. The fourth-order valence-electron chi connectivity index (χ4n) is 2.07. The first-order chi connectivity index (χ1) is 9.15. The van der Waals surface area contributed by atoms with Crippen LogP contribution in [-0.4, -0.2) is 55.8 Å². The average Bonchev–Trinajstić information content (AvgIpc) is 2.40. The lowest BCUT2D eigenvalue weighted by Gasteiger charge is -2.34. The minimum Gasteiger partial charge on any atom is -0.493 e. The van der Waals surface area contributed by atoms with Crippen molar-refractivity contribution in [3.63, 3.8) is 0 Å². The zero-order valence-electron chi connectivity index (χ0n) is 11.2. The number of rotatable bonds is 5. The Balaban J connectivity index is 1.85. The maximum atomic E-state index is 10.4. The molecule has 0 radical (unpaired) electrons. The Morgan fingerprint density at radius 1 is 1.21 bits per heavy atom. The third-order valence-electron chi connectivity index (χ3n) is 3.29. The molecule has 1 aromatic rings. The maximum Gasteiger partial charge on any atom is 0.306 e. The van der Waals surface area contributed by atoms with Crippen LogP contribution in [0.4, 0.5) is 5.69 Å². The van der Waals surface area contributed by atoms with E-state index in [1.165, 1.54) is 5.69 Å². The normalized spacial score (nSPS) is 16.4. The average molecular weight is 264 g/mol. The van der Waals surface area contributed by atoms with Crippen molar-refractivity contribution in [1.82, 2.24) is 4.90 Å². The van der Waals surface area contributed by atoms with Crippen molar-refractivity contribution in [2.24, 2.45) is 0 Å². The summed E-state index contributed by atoms with van der Waals surface area (Å²) in [6.07, 6.45) is 0.0280. The molecule has 19 heavy (non-hydrogen) atoms. The number of aliphatic carboxylic acids is 1. The lowest BCUT2D eigenvalue weighted by molar-refractivity contribution is -0.137. The van der Waals surface area contributed by atoms with E-state index >= 15 is 0 Å². The lowest BCUT2D eigenvalue weighted by Crippen LogP contribution is -2.44. The molecule has 5 heteroatoms. The number of anilines is 1. The number of carboxylic acids is 1. The highest BCUT2D eigenvalue weighted by molar-refractivity contribution is 5.66. The molecule has 0 spiro atoms. The number of piperazine rings is 1. The maximum absolute atomic E-state index is 10.4. The Morgan fingerprint density at radius 2 is 1.84 bits per heavy atom. The summed E-state index contributed by atoms with van der Waals surface area (Å²) in [5.41, 5.74) is 1.19. The molecule has 2 rings (SSSR count). The highest BCUT2D eigenvalue weighted by atomic mass is 16.5. The summed E-state index contributed by atoms with van der Waals surface area (Å²) in [6.45, 7) is 4.45. The van der Waals surface area contributed by atoms with Gasteiger partial charge in [-0.15, -0.1) is 0 Å². The number of benzene rings is 1. The molecule has 0 aromatic heterocycles. The molecule has 1 N–H and O–H groups in total. The van der Waals surface area contributed by atoms with Crippen LogP contribution in [0.2, 0.25) is 0 Å². The van der Waals surface area contributed by atoms with Gasteiger partial charge in [-0.25, -0.2) is 0 Å². The zero-order valence-corrected chi connectivity index (χ0v) is 11.2. The zero-order chi connectivity index (χ0) is 13.7. The SMILES string of the molecule is CN1CCN(c2ccc(OCCC(=O)O)cc2)CC1. The molecule has 1 saturated heterocycles. The molecule has 0 atom stereocenters. The van der Waals surface area contributed by atoms with E-state index < -0.39 is 5.97 Å². The number of nitrogens with zero attached hydrogens (tertiary/aromatic N) is 2. The summed E-state index contributed by atoms with van der Waals surface area (Å²) in [5, 5.41) is 8.54. The van der Waals surface area contributed by atoms with Gasteiger partial charge in [0.05, 0.1) is 13.0 Å². The smallest absolute Gasteiger partial charge is 0.306 e. The van der Waals surface area contributed by atoms with Crippen molar-refractivity contribution in [3.05, 3.63) is 24.3 Å². The van der Waals surface area contributed by atoms with Gasteiger partial charge in [-0.1, -0.05) is 0 Å². The Morgan fingerprint density at radius 3 is 2.42 bits per heavy atom. The molecule has 1 heterocycles. The lowest BCUT2D eigenvalue weighted by atomic mass is 10.2.